The lowest BCUT2D eigenvalue weighted by Gasteiger charge is -2.22. The van der Waals surface area contributed by atoms with Crippen LogP contribution in [0.1, 0.15) is 19.4 Å². The largest absolute Gasteiger partial charge is 0.508 e. The molecule has 0 aromatic heterocycles. The lowest BCUT2D eigenvalue weighted by Crippen LogP contribution is -2.21. The molecule has 0 heterocycles. The van der Waals surface area contributed by atoms with Crippen LogP contribution < -0.4 is 0 Å². The monoisotopic (exact) mass is 216 g/mol. The molecule has 0 aliphatic heterocycles. The molecule has 84 valence electrons. The lowest BCUT2D eigenvalue weighted by molar-refractivity contribution is 0.218. The molecule has 2 aromatic carbocycles. The van der Waals surface area contributed by atoms with Crippen LogP contribution >= 0.6 is 0 Å². The number of aromatic hydroxyl groups is 1. The third kappa shape index (κ3) is 1.89. The molecule has 0 aliphatic rings. The van der Waals surface area contributed by atoms with Gasteiger partial charge < -0.3 is 10.2 Å². The number of hydrogen-bond donors (Lipinski definition) is 2. The highest BCUT2D eigenvalue weighted by Gasteiger charge is 2.19. The van der Waals surface area contributed by atoms with E-state index in [1.54, 1.807) is 12.1 Å². The van der Waals surface area contributed by atoms with Crippen molar-refractivity contribution in [3.8, 4) is 5.75 Å². The average molecular weight is 216 g/mol. The second-order valence-corrected chi connectivity index (χ2v) is 4.79. The second kappa shape index (κ2) is 3.80. The molecule has 2 aromatic rings. The van der Waals surface area contributed by atoms with E-state index in [9.17, 15) is 10.2 Å². The van der Waals surface area contributed by atoms with Gasteiger partial charge >= 0.3 is 0 Å². The zero-order chi connectivity index (χ0) is 11.8. The van der Waals surface area contributed by atoms with Crippen molar-refractivity contribution >= 4 is 10.8 Å². The predicted octanol–water partition coefficient (Wildman–Crippen LogP) is 2.82. The van der Waals surface area contributed by atoms with Gasteiger partial charge in [-0.1, -0.05) is 38.1 Å². The van der Waals surface area contributed by atoms with Crippen molar-refractivity contribution in [2.75, 3.05) is 6.61 Å². The molecule has 0 saturated heterocycles. The molecule has 2 N–H and O–H groups in total. The van der Waals surface area contributed by atoms with Crippen LogP contribution in [0.2, 0.25) is 0 Å². The maximum Gasteiger partial charge on any atom is 0.116 e. The first-order valence-electron chi connectivity index (χ1n) is 5.37. The molecular weight excluding hydrogens is 200 g/mol. The molecule has 0 atom stereocenters. The average Bonchev–Trinajstić information content (AvgIpc) is 2.28. The van der Waals surface area contributed by atoms with E-state index in [0.717, 1.165) is 16.3 Å². The zero-order valence-corrected chi connectivity index (χ0v) is 9.57. The van der Waals surface area contributed by atoms with Crippen LogP contribution in [0, 0.1) is 0 Å². The molecule has 0 spiro atoms. The van der Waals surface area contributed by atoms with Crippen LogP contribution in [0.4, 0.5) is 0 Å². The third-order valence-corrected chi connectivity index (χ3v) is 3.00. The van der Waals surface area contributed by atoms with Gasteiger partial charge in [0.15, 0.2) is 0 Å². The third-order valence-electron chi connectivity index (χ3n) is 3.00. The fourth-order valence-electron chi connectivity index (χ4n) is 1.75. The van der Waals surface area contributed by atoms with E-state index >= 15 is 0 Å². The molecule has 0 saturated carbocycles. The Morgan fingerprint density at radius 2 is 1.69 bits per heavy atom. The van der Waals surface area contributed by atoms with E-state index in [-0.39, 0.29) is 17.8 Å². The molecule has 0 radical (unpaired) electrons. The Morgan fingerprint density at radius 1 is 1.00 bits per heavy atom. The summed E-state index contributed by atoms with van der Waals surface area (Å²) in [5, 5.41) is 20.8. The van der Waals surface area contributed by atoms with Gasteiger partial charge in [-0.2, -0.15) is 0 Å². The van der Waals surface area contributed by atoms with E-state index in [1.165, 1.54) is 0 Å². The minimum absolute atomic E-state index is 0.108. The van der Waals surface area contributed by atoms with Crippen LogP contribution in [-0.2, 0) is 5.41 Å². The first-order valence-corrected chi connectivity index (χ1v) is 5.37. The van der Waals surface area contributed by atoms with Crippen molar-refractivity contribution < 1.29 is 10.2 Å². The summed E-state index contributed by atoms with van der Waals surface area (Å²) in [6, 6.07) is 11.4. The molecule has 2 rings (SSSR count). The summed E-state index contributed by atoms with van der Waals surface area (Å²) in [6.45, 7) is 4.10. The molecule has 2 heteroatoms. The van der Waals surface area contributed by atoms with Crippen LogP contribution in [0.3, 0.4) is 0 Å². The molecule has 0 aliphatic carbocycles. The fraction of sp³-hybridized carbons (Fsp3) is 0.286. The molecule has 0 fully saturated rings. The van der Waals surface area contributed by atoms with Gasteiger partial charge in [-0.05, 0) is 28.5 Å². The normalized spacial score (nSPS) is 11.9. The number of aliphatic hydroxyl groups excluding tert-OH is 1. The minimum atomic E-state index is -0.250. The topological polar surface area (TPSA) is 40.5 Å². The first-order chi connectivity index (χ1) is 7.53. The summed E-state index contributed by atoms with van der Waals surface area (Å²) < 4.78 is 0. The van der Waals surface area contributed by atoms with Gasteiger partial charge in [0.2, 0.25) is 0 Å². The van der Waals surface area contributed by atoms with E-state index in [2.05, 4.69) is 0 Å². The molecule has 2 nitrogen and oxygen atoms in total. The summed E-state index contributed by atoms with van der Waals surface area (Å²) in [7, 11) is 0. The molecule has 0 unspecified atom stereocenters. The smallest absolute Gasteiger partial charge is 0.116 e. The van der Waals surface area contributed by atoms with Crippen LogP contribution in [-0.4, -0.2) is 16.8 Å². The van der Waals surface area contributed by atoms with Crippen molar-refractivity contribution in [2.45, 2.75) is 19.3 Å². The highest BCUT2D eigenvalue weighted by Crippen LogP contribution is 2.27. The van der Waals surface area contributed by atoms with Gasteiger partial charge in [0.05, 0.1) is 6.61 Å². The number of phenols is 1. The second-order valence-electron chi connectivity index (χ2n) is 4.79. The highest BCUT2D eigenvalue weighted by molar-refractivity contribution is 5.84. The molecular formula is C14H16O2. The van der Waals surface area contributed by atoms with Gasteiger partial charge in [0.1, 0.15) is 5.75 Å². The summed E-state index contributed by atoms with van der Waals surface area (Å²) >= 11 is 0. The number of benzene rings is 2. The molecule has 0 bridgehead atoms. The van der Waals surface area contributed by atoms with Crippen LogP contribution in [0.15, 0.2) is 36.4 Å². The number of hydrogen-bond acceptors (Lipinski definition) is 2. The van der Waals surface area contributed by atoms with Gasteiger partial charge in [0, 0.05) is 5.41 Å². The van der Waals surface area contributed by atoms with Crippen molar-refractivity contribution in [3.05, 3.63) is 42.0 Å². The number of rotatable bonds is 2. The Bertz CT molecular complexity index is 515. The Kier molecular flexibility index (Phi) is 2.60. The maximum absolute atomic E-state index is 9.43. The predicted molar refractivity (Wildman–Crippen MR) is 65.7 cm³/mol. The number of aliphatic hydroxyl groups is 1. The van der Waals surface area contributed by atoms with Crippen LogP contribution in [0.5, 0.6) is 5.75 Å². The summed E-state index contributed by atoms with van der Waals surface area (Å²) in [5.74, 6) is 0.270. The zero-order valence-electron chi connectivity index (χ0n) is 9.57. The number of fused-ring (bicyclic) bond motifs is 1. The molecule has 0 amide bonds. The summed E-state index contributed by atoms with van der Waals surface area (Å²) in [4.78, 5) is 0. The van der Waals surface area contributed by atoms with E-state index in [0.29, 0.717) is 0 Å². The summed E-state index contributed by atoms with van der Waals surface area (Å²) in [6.07, 6.45) is 0. The van der Waals surface area contributed by atoms with Crippen molar-refractivity contribution in [3.63, 3.8) is 0 Å². The lowest BCUT2D eigenvalue weighted by atomic mass is 9.84. The Balaban J connectivity index is 2.59. The maximum atomic E-state index is 9.43. The van der Waals surface area contributed by atoms with E-state index in [1.807, 2.05) is 38.1 Å². The fourth-order valence-corrected chi connectivity index (χ4v) is 1.75. The van der Waals surface area contributed by atoms with Gasteiger partial charge in [-0.25, -0.2) is 0 Å². The molecule has 16 heavy (non-hydrogen) atoms. The first kappa shape index (κ1) is 11.0. The quantitative estimate of drug-likeness (QED) is 0.810. The van der Waals surface area contributed by atoms with Gasteiger partial charge in [0.25, 0.3) is 0 Å². The summed E-state index contributed by atoms with van der Waals surface area (Å²) in [5.41, 5.74) is 0.827. The van der Waals surface area contributed by atoms with Gasteiger partial charge in [-0.15, -0.1) is 0 Å². The Labute approximate surface area is 95.2 Å². The highest BCUT2D eigenvalue weighted by atomic mass is 16.3. The SMILES string of the molecule is CC(C)(CO)c1ccc2ccc(O)cc2c1. The minimum Gasteiger partial charge on any atom is -0.508 e. The van der Waals surface area contributed by atoms with Crippen molar-refractivity contribution in [1.29, 1.82) is 0 Å². The Hall–Kier alpha value is -1.54. The number of phenolic OH excluding ortho intramolecular Hbond substituents is 1. The van der Waals surface area contributed by atoms with Crippen molar-refractivity contribution in [1.82, 2.24) is 0 Å². The van der Waals surface area contributed by atoms with Crippen LogP contribution in [0.25, 0.3) is 10.8 Å². The Morgan fingerprint density at radius 3 is 2.38 bits per heavy atom. The standard InChI is InChI=1S/C14H16O2/c1-14(2,9-15)12-5-3-10-4-6-13(16)8-11(10)7-12/h3-8,15-16H,9H2,1-2H3. The van der Waals surface area contributed by atoms with E-state index < -0.39 is 0 Å². The van der Waals surface area contributed by atoms with E-state index in [4.69, 9.17) is 0 Å². The van der Waals surface area contributed by atoms with Crippen molar-refractivity contribution in [2.24, 2.45) is 0 Å². The van der Waals surface area contributed by atoms with Gasteiger partial charge in [-0.3, -0.25) is 0 Å².